The van der Waals surface area contributed by atoms with Crippen molar-refractivity contribution in [2.24, 2.45) is 0 Å². The molecule has 2 nitrogen and oxygen atoms in total. The van der Waals surface area contributed by atoms with Crippen LogP contribution in [0.3, 0.4) is 0 Å². The van der Waals surface area contributed by atoms with Gasteiger partial charge in [-0.2, -0.15) is 13.2 Å². The molecule has 0 radical (unpaired) electrons. The van der Waals surface area contributed by atoms with E-state index in [9.17, 15) is 18.0 Å². The number of rotatable bonds is 4. The number of hydrogen-bond donors (Lipinski definition) is 0. The van der Waals surface area contributed by atoms with Crippen molar-refractivity contribution in [1.82, 2.24) is 4.57 Å². The van der Waals surface area contributed by atoms with Crippen molar-refractivity contribution < 1.29 is 18.0 Å². The highest BCUT2D eigenvalue weighted by atomic mass is 19.4. The molecule has 3 aromatic rings. The van der Waals surface area contributed by atoms with Crippen molar-refractivity contribution in [2.45, 2.75) is 6.18 Å². The summed E-state index contributed by atoms with van der Waals surface area (Å²) in [5, 5.41) is 0. The third-order valence-corrected chi connectivity index (χ3v) is 3.70. The van der Waals surface area contributed by atoms with E-state index in [0.717, 1.165) is 17.8 Å². The first-order chi connectivity index (χ1) is 11.9. The van der Waals surface area contributed by atoms with E-state index in [1.54, 1.807) is 18.2 Å². The molecule has 5 heteroatoms. The number of carbonyl (C=O) groups is 1. The Hall–Kier alpha value is -3.08. The normalized spacial score (nSPS) is 11.8. The third-order valence-electron chi connectivity index (χ3n) is 3.70. The van der Waals surface area contributed by atoms with Crippen LogP contribution in [0.1, 0.15) is 21.5 Å². The highest BCUT2D eigenvalue weighted by molar-refractivity contribution is 6.07. The maximum Gasteiger partial charge on any atom is 0.416 e. The molecule has 0 aliphatic heterocycles. The quantitative estimate of drug-likeness (QED) is 0.460. The summed E-state index contributed by atoms with van der Waals surface area (Å²) in [6, 6.07) is 15.6. The van der Waals surface area contributed by atoms with Crippen molar-refractivity contribution in [2.75, 3.05) is 0 Å². The van der Waals surface area contributed by atoms with Crippen LogP contribution in [-0.4, -0.2) is 10.4 Å². The lowest BCUT2D eigenvalue weighted by Gasteiger charge is -2.06. The molecule has 0 unspecified atom stereocenters. The molecule has 0 saturated heterocycles. The molecule has 3 rings (SSSR count). The lowest BCUT2D eigenvalue weighted by molar-refractivity contribution is -0.137. The molecule has 1 aromatic heterocycles. The summed E-state index contributed by atoms with van der Waals surface area (Å²) in [5.74, 6) is -0.214. The Morgan fingerprint density at radius 1 is 0.920 bits per heavy atom. The predicted octanol–water partition coefficient (Wildman–Crippen LogP) is 5.39. The number of hydrogen-bond acceptors (Lipinski definition) is 1. The number of benzene rings is 2. The molecule has 126 valence electrons. The number of aromatic nitrogens is 1. The molecule has 0 amide bonds. The first-order valence-corrected chi connectivity index (χ1v) is 7.56. The fourth-order valence-corrected chi connectivity index (χ4v) is 2.38. The van der Waals surface area contributed by atoms with Gasteiger partial charge in [-0.3, -0.25) is 4.79 Å². The summed E-state index contributed by atoms with van der Waals surface area (Å²) < 4.78 is 39.5. The standard InChI is InChI=1S/C20H14F3NO/c21-20(22,23)17-9-6-15(7-10-17)8-11-19(25)16-4-3-5-18(14-16)24-12-1-2-13-24/h1-14H/b11-8+. The van der Waals surface area contributed by atoms with Crippen molar-refractivity contribution in [3.8, 4) is 5.69 Å². The van der Waals surface area contributed by atoms with E-state index >= 15 is 0 Å². The first-order valence-electron chi connectivity index (χ1n) is 7.56. The molecule has 0 fully saturated rings. The van der Waals surface area contributed by atoms with E-state index in [0.29, 0.717) is 11.1 Å². The molecule has 25 heavy (non-hydrogen) atoms. The number of ketones is 1. The van der Waals surface area contributed by atoms with Crippen molar-refractivity contribution >= 4 is 11.9 Å². The van der Waals surface area contributed by atoms with Crippen molar-refractivity contribution in [3.63, 3.8) is 0 Å². The Balaban J connectivity index is 1.76. The molecule has 1 heterocycles. The Bertz CT molecular complexity index is 891. The van der Waals surface area contributed by atoms with E-state index in [1.807, 2.05) is 35.2 Å². The van der Waals surface area contributed by atoms with E-state index in [2.05, 4.69) is 0 Å². The summed E-state index contributed by atoms with van der Waals surface area (Å²) in [4.78, 5) is 12.3. The van der Waals surface area contributed by atoms with E-state index in [4.69, 9.17) is 0 Å². The van der Waals surface area contributed by atoms with E-state index in [-0.39, 0.29) is 5.78 Å². The van der Waals surface area contributed by atoms with E-state index in [1.165, 1.54) is 24.3 Å². The summed E-state index contributed by atoms with van der Waals surface area (Å²) in [7, 11) is 0. The summed E-state index contributed by atoms with van der Waals surface area (Å²) in [5.41, 5.74) is 1.19. The van der Waals surface area contributed by atoms with Crippen LogP contribution in [0.25, 0.3) is 11.8 Å². The number of halogens is 3. The van der Waals surface area contributed by atoms with Crippen LogP contribution in [-0.2, 0) is 6.18 Å². The number of allylic oxidation sites excluding steroid dienone is 1. The van der Waals surface area contributed by atoms with Gasteiger partial charge in [-0.15, -0.1) is 0 Å². The topological polar surface area (TPSA) is 22.0 Å². The van der Waals surface area contributed by atoms with Crippen LogP contribution in [0.5, 0.6) is 0 Å². The monoisotopic (exact) mass is 341 g/mol. The lowest BCUT2D eigenvalue weighted by Crippen LogP contribution is -2.04. The Morgan fingerprint density at radius 2 is 1.60 bits per heavy atom. The average molecular weight is 341 g/mol. The minimum Gasteiger partial charge on any atom is -0.324 e. The Morgan fingerprint density at radius 3 is 2.24 bits per heavy atom. The second-order valence-electron chi connectivity index (χ2n) is 5.46. The first kappa shape index (κ1) is 16.8. The van der Waals surface area contributed by atoms with Crippen LogP contribution < -0.4 is 0 Å². The molecule has 0 atom stereocenters. The van der Waals surface area contributed by atoms with Gasteiger partial charge in [-0.05, 0) is 48.0 Å². The fourth-order valence-electron chi connectivity index (χ4n) is 2.38. The predicted molar refractivity (Wildman–Crippen MR) is 90.6 cm³/mol. The van der Waals surface area contributed by atoms with Crippen molar-refractivity contribution in [1.29, 1.82) is 0 Å². The zero-order valence-corrected chi connectivity index (χ0v) is 13.1. The van der Waals surface area contributed by atoms with Gasteiger partial charge in [0, 0.05) is 23.6 Å². The minimum absolute atomic E-state index is 0.214. The average Bonchev–Trinajstić information content (AvgIpc) is 3.14. The summed E-state index contributed by atoms with van der Waals surface area (Å²) in [6.07, 6.45) is 2.25. The molecule has 2 aromatic carbocycles. The van der Waals surface area contributed by atoms with Crippen LogP contribution in [0.15, 0.2) is 79.1 Å². The summed E-state index contributed by atoms with van der Waals surface area (Å²) in [6.45, 7) is 0. The van der Waals surface area contributed by atoms with Gasteiger partial charge in [0.1, 0.15) is 0 Å². The molecule has 0 aliphatic rings. The minimum atomic E-state index is -4.36. The van der Waals surface area contributed by atoms with E-state index < -0.39 is 11.7 Å². The maximum absolute atomic E-state index is 12.5. The second-order valence-corrected chi connectivity index (χ2v) is 5.46. The van der Waals surface area contributed by atoms with Gasteiger partial charge >= 0.3 is 6.18 Å². The van der Waals surface area contributed by atoms with Crippen LogP contribution in [0, 0.1) is 0 Å². The summed E-state index contributed by atoms with van der Waals surface area (Å²) >= 11 is 0. The van der Waals surface area contributed by atoms with Gasteiger partial charge in [0.05, 0.1) is 5.56 Å². The smallest absolute Gasteiger partial charge is 0.324 e. The largest absolute Gasteiger partial charge is 0.416 e. The lowest BCUT2D eigenvalue weighted by atomic mass is 10.1. The molecule has 0 spiro atoms. The molecule has 0 saturated carbocycles. The Labute approximate surface area is 142 Å². The molecule has 0 bridgehead atoms. The highest BCUT2D eigenvalue weighted by Crippen LogP contribution is 2.29. The maximum atomic E-state index is 12.5. The van der Waals surface area contributed by atoms with Crippen LogP contribution in [0.2, 0.25) is 0 Å². The molecule has 0 N–H and O–H groups in total. The molecule has 0 aliphatic carbocycles. The number of alkyl halides is 3. The Kier molecular flexibility index (Phi) is 4.57. The van der Waals surface area contributed by atoms with Gasteiger partial charge in [0.25, 0.3) is 0 Å². The zero-order chi connectivity index (χ0) is 17.9. The van der Waals surface area contributed by atoms with Gasteiger partial charge < -0.3 is 4.57 Å². The molecular weight excluding hydrogens is 327 g/mol. The van der Waals surface area contributed by atoms with Gasteiger partial charge in [0.15, 0.2) is 5.78 Å². The third kappa shape index (κ3) is 4.07. The van der Waals surface area contributed by atoms with Gasteiger partial charge in [0.2, 0.25) is 0 Å². The van der Waals surface area contributed by atoms with Crippen molar-refractivity contribution in [3.05, 3.63) is 95.8 Å². The highest BCUT2D eigenvalue weighted by Gasteiger charge is 2.29. The zero-order valence-electron chi connectivity index (χ0n) is 13.1. The SMILES string of the molecule is O=C(/C=C/c1ccc(C(F)(F)F)cc1)c1cccc(-n2cccc2)c1. The van der Waals surface area contributed by atoms with Gasteiger partial charge in [-0.1, -0.05) is 30.3 Å². The fraction of sp³-hybridized carbons (Fsp3) is 0.0500. The molecular formula is C20H14F3NO. The van der Waals surface area contributed by atoms with Crippen LogP contribution >= 0.6 is 0 Å². The number of carbonyl (C=O) groups excluding carboxylic acids is 1. The second kappa shape index (κ2) is 6.81. The number of nitrogens with zero attached hydrogens (tertiary/aromatic N) is 1. The van der Waals surface area contributed by atoms with Gasteiger partial charge in [-0.25, -0.2) is 0 Å². The van der Waals surface area contributed by atoms with Crippen LogP contribution in [0.4, 0.5) is 13.2 Å².